The number of hydrogen-bond acceptors (Lipinski definition) is 6. The summed E-state index contributed by atoms with van der Waals surface area (Å²) in [6, 6.07) is 5.51. The van der Waals surface area contributed by atoms with Gasteiger partial charge in [-0.25, -0.2) is 0 Å². The second-order valence-electron chi connectivity index (χ2n) is 6.92. The zero-order chi connectivity index (χ0) is 20.8. The lowest BCUT2D eigenvalue weighted by Gasteiger charge is -2.13. The fraction of sp³-hybridized carbons (Fsp3) is 0.429. The highest BCUT2D eigenvalue weighted by atomic mass is 32.2. The summed E-state index contributed by atoms with van der Waals surface area (Å²) in [7, 11) is 3.23. The number of aromatic amines is 1. The number of methoxy groups -OCH3 is 2. The van der Waals surface area contributed by atoms with Crippen molar-refractivity contribution in [2.24, 2.45) is 0 Å². The molecule has 4 rings (SSSR count). The van der Waals surface area contributed by atoms with Crippen LogP contribution in [0.4, 0.5) is 0 Å². The van der Waals surface area contributed by atoms with Crippen molar-refractivity contribution in [2.75, 3.05) is 27.3 Å². The number of aryl methyl sites for hydroxylation is 1. The number of nitrogens with one attached hydrogen (secondary N) is 2. The molecule has 3 aromatic rings. The highest BCUT2D eigenvalue weighted by Crippen LogP contribution is 2.27. The van der Waals surface area contributed by atoms with Gasteiger partial charge < -0.3 is 19.3 Å². The number of rotatable bonds is 5. The van der Waals surface area contributed by atoms with Gasteiger partial charge in [0.25, 0.3) is 0 Å². The van der Waals surface area contributed by atoms with Crippen LogP contribution < -0.4 is 14.8 Å². The summed E-state index contributed by atoms with van der Waals surface area (Å²) in [6.07, 6.45) is 4.52. The van der Waals surface area contributed by atoms with Crippen LogP contribution in [0, 0.1) is 13.8 Å². The first kappa shape index (κ1) is 21.4. The maximum absolute atomic E-state index is 12.7. The van der Waals surface area contributed by atoms with Crippen molar-refractivity contribution in [1.29, 1.82) is 0 Å². The summed E-state index contributed by atoms with van der Waals surface area (Å²) in [5.74, 6) is 1.78. The van der Waals surface area contributed by atoms with Crippen molar-refractivity contribution >= 4 is 22.2 Å². The van der Waals surface area contributed by atoms with Crippen LogP contribution >= 0.6 is 0 Å². The summed E-state index contributed by atoms with van der Waals surface area (Å²) in [5.41, 5.74) is 4.16. The number of fused-ring (bicyclic) bond motifs is 1. The number of nitrogens with zero attached hydrogens (tertiary/aromatic N) is 2. The molecule has 0 amide bonds. The zero-order valence-corrected chi connectivity index (χ0v) is 18.2. The maximum atomic E-state index is 12.7. The Morgan fingerprint density at radius 1 is 1.14 bits per heavy atom. The van der Waals surface area contributed by atoms with E-state index in [9.17, 15) is 4.55 Å². The summed E-state index contributed by atoms with van der Waals surface area (Å²) < 4.78 is 23.3. The minimum Gasteiger partial charge on any atom is -0.609 e. The molecule has 2 N–H and O–H groups in total. The molecule has 1 aliphatic rings. The lowest BCUT2D eigenvalue weighted by atomic mass is 10.1. The predicted molar refractivity (Wildman–Crippen MR) is 115 cm³/mol. The first-order valence-electron chi connectivity index (χ1n) is 9.65. The third kappa shape index (κ3) is 5.20. The predicted octanol–water partition coefficient (Wildman–Crippen LogP) is 3.27. The molecule has 1 aliphatic heterocycles. The summed E-state index contributed by atoms with van der Waals surface area (Å²) in [4.78, 5) is 11.9. The van der Waals surface area contributed by atoms with Crippen LogP contribution in [0.25, 0.3) is 11.0 Å². The second-order valence-corrected chi connectivity index (χ2v) is 8.28. The van der Waals surface area contributed by atoms with Crippen LogP contribution in [0.2, 0.25) is 0 Å². The standard InChI is InChI=1S/C17H19N3O3S.C4H9N/c1-10-8-18-15(11(2)16(10)23-4)9-24(21)17-19-13-6-5-12(22-3)7-14(13)20-17;1-2-4-5-3-1/h5-8H,9H2,1-4H3,(H,19,20);5H,1-4H2. The summed E-state index contributed by atoms with van der Waals surface area (Å²) in [6.45, 7) is 6.36. The number of imidazole rings is 1. The largest absolute Gasteiger partial charge is 0.609 e. The van der Waals surface area contributed by atoms with Crippen molar-refractivity contribution < 1.29 is 14.0 Å². The topological polar surface area (TPSA) is 95.1 Å². The van der Waals surface area contributed by atoms with Gasteiger partial charge in [-0.2, -0.15) is 4.98 Å². The molecule has 2 aromatic heterocycles. The quantitative estimate of drug-likeness (QED) is 0.620. The monoisotopic (exact) mass is 416 g/mol. The maximum Gasteiger partial charge on any atom is 0.322 e. The number of ether oxygens (including phenoxy) is 2. The van der Waals surface area contributed by atoms with E-state index in [1.54, 1.807) is 20.4 Å². The molecule has 1 fully saturated rings. The molecule has 1 unspecified atom stereocenters. The Morgan fingerprint density at radius 3 is 2.52 bits per heavy atom. The highest BCUT2D eigenvalue weighted by molar-refractivity contribution is 7.90. The Morgan fingerprint density at radius 2 is 1.90 bits per heavy atom. The molecule has 1 atom stereocenters. The van der Waals surface area contributed by atoms with E-state index in [1.165, 1.54) is 25.9 Å². The van der Waals surface area contributed by atoms with Crippen LogP contribution in [0.1, 0.15) is 29.7 Å². The molecule has 0 saturated carbocycles. The van der Waals surface area contributed by atoms with Crippen LogP contribution in [0.15, 0.2) is 29.6 Å². The molecule has 8 heteroatoms. The Labute approximate surface area is 174 Å². The average Bonchev–Trinajstić information content (AvgIpc) is 3.43. The Balaban J connectivity index is 0.000000419. The zero-order valence-electron chi connectivity index (χ0n) is 17.4. The first-order chi connectivity index (χ1) is 14.0. The van der Waals surface area contributed by atoms with Gasteiger partial charge >= 0.3 is 5.16 Å². The number of aromatic nitrogens is 3. The number of pyridine rings is 1. The van der Waals surface area contributed by atoms with Crippen LogP contribution in [-0.2, 0) is 16.9 Å². The fourth-order valence-corrected chi connectivity index (χ4v) is 4.33. The van der Waals surface area contributed by atoms with E-state index in [0.717, 1.165) is 33.6 Å². The van der Waals surface area contributed by atoms with Crippen molar-refractivity contribution in [3.8, 4) is 11.5 Å². The van der Waals surface area contributed by atoms with Gasteiger partial charge in [-0.15, -0.1) is 0 Å². The normalized spacial score (nSPS) is 14.4. The van der Waals surface area contributed by atoms with Crippen LogP contribution in [0.3, 0.4) is 0 Å². The van der Waals surface area contributed by atoms with Crippen molar-refractivity contribution in [3.63, 3.8) is 0 Å². The van der Waals surface area contributed by atoms with Crippen molar-refractivity contribution in [1.82, 2.24) is 20.3 Å². The number of H-pyrrole nitrogens is 1. The molecule has 29 heavy (non-hydrogen) atoms. The third-order valence-electron chi connectivity index (χ3n) is 4.86. The van der Waals surface area contributed by atoms with Crippen molar-refractivity contribution in [3.05, 3.63) is 41.2 Å². The molecular weight excluding hydrogens is 388 g/mol. The molecule has 0 radical (unpaired) electrons. The van der Waals surface area contributed by atoms with E-state index >= 15 is 0 Å². The van der Waals surface area contributed by atoms with Gasteiger partial charge in [0.05, 0.1) is 30.9 Å². The van der Waals surface area contributed by atoms with E-state index in [2.05, 4.69) is 20.3 Å². The highest BCUT2D eigenvalue weighted by Gasteiger charge is 2.21. The fourth-order valence-electron chi connectivity index (χ4n) is 3.23. The lowest BCUT2D eigenvalue weighted by Crippen LogP contribution is -2.10. The summed E-state index contributed by atoms with van der Waals surface area (Å²) in [5, 5.41) is 3.65. The van der Waals surface area contributed by atoms with Gasteiger partial charge in [0.15, 0.2) is 5.75 Å². The smallest absolute Gasteiger partial charge is 0.322 e. The van der Waals surface area contributed by atoms with E-state index < -0.39 is 11.2 Å². The summed E-state index contributed by atoms with van der Waals surface area (Å²) >= 11 is -1.33. The molecule has 7 nitrogen and oxygen atoms in total. The number of benzene rings is 1. The SMILES string of the molecule is C1CCNC1.COc1ccc2[nH]c([S+]([O-])Cc3ncc(C)c(OC)c3C)nc2c1. The average molecular weight is 417 g/mol. The molecule has 0 bridgehead atoms. The Hall–Kier alpha value is -2.29. The van der Waals surface area contributed by atoms with Gasteiger partial charge in [-0.1, -0.05) is 0 Å². The molecule has 0 aliphatic carbocycles. The van der Waals surface area contributed by atoms with Crippen molar-refractivity contribution in [2.45, 2.75) is 37.6 Å². The van der Waals surface area contributed by atoms with Gasteiger partial charge in [0.1, 0.15) is 11.5 Å². The first-order valence-corrected chi connectivity index (χ1v) is 11.0. The van der Waals surface area contributed by atoms with E-state index in [0.29, 0.717) is 10.9 Å². The van der Waals surface area contributed by atoms with Crippen LogP contribution in [0.5, 0.6) is 11.5 Å². The van der Waals surface area contributed by atoms with Gasteiger partial charge in [0.2, 0.25) is 0 Å². The van der Waals surface area contributed by atoms with Gasteiger partial charge in [-0.3, -0.25) is 9.97 Å². The molecule has 0 spiro atoms. The van der Waals surface area contributed by atoms with E-state index in [-0.39, 0.29) is 5.75 Å². The molecule has 3 heterocycles. The van der Waals surface area contributed by atoms with Crippen LogP contribution in [-0.4, -0.2) is 46.8 Å². The molecule has 1 saturated heterocycles. The van der Waals surface area contributed by atoms with Gasteiger partial charge in [-0.05, 0) is 51.9 Å². The second kappa shape index (κ2) is 9.96. The minimum atomic E-state index is -1.33. The molecule has 156 valence electrons. The molecular formula is C21H28N4O3S. The van der Waals surface area contributed by atoms with E-state index in [4.69, 9.17) is 9.47 Å². The third-order valence-corrected chi connectivity index (χ3v) is 6.02. The number of hydrogen-bond donors (Lipinski definition) is 2. The van der Waals surface area contributed by atoms with E-state index in [1.807, 2.05) is 32.0 Å². The molecule has 1 aromatic carbocycles. The Bertz CT molecular complexity index is 949. The lowest BCUT2D eigenvalue weighted by molar-refractivity contribution is 0.407. The Kier molecular flexibility index (Phi) is 7.35. The van der Waals surface area contributed by atoms with Gasteiger partial charge in [0, 0.05) is 34.6 Å². The minimum absolute atomic E-state index is 0.277.